The second kappa shape index (κ2) is 9.80. The lowest BCUT2D eigenvalue weighted by Crippen LogP contribution is -2.42. The van der Waals surface area contributed by atoms with Crippen LogP contribution in [0, 0.1) is 25.7 Å². The molecular weight excluding hydrogens is 458 g/mol. The Morgan fingerprint density at radius 3 is 2.57 bits per heavy atom. The van der Waals surface area contributed by atoms with Crippen LogP contribution in [0.15, 0.2) is 53.4 Å². The van der Waals surface area contributed by atoms with Gasteiger partial charge in [0.1, 0.15) is 11.4 Å². The average Bonchev–Trinajstić information content (AvgIpc) is 2.81. The Kier molecular flexibility index (Phi) is 6.75. The number of nitrogens with zero attached hydrogens (tertiary/aromatic N) is 2. The zero-order valence-corrected chi connectivity index (χ0v) is 21.7. The van der Waals surface area contributed by atoms with E-state index in [2.05, 4.69) is 55.6 Å². The molecule has 3 heterocycles. The van der Waals surface area contributed by atoms with Crippen LogP contribution in [0.1, 0.15) is 43.4 Å². The van der Waals surface area contributed by atoms with Crippen molar-refractivity contribution in [3.05, 3.63) is 65.2 Å². The van der Waals surface area contributed by atoms with E-state index in [0.29, 0.717) is 35.9 Å². The molecule has 6 nitrogen and oxygen atoms in total. The molecule has 3 unspecified atom stereocenters. The van der Waals surface area contributed by atoms with Gasteiger partial charge < -0.3 is 14.0 Å². The third kappa shape index (κ3) is 5.47. The molecule has 0 aliphatic carbocycles. The Morgan fingerprint density at radius 2 is 1.77 bits per heavy atom. The van der Waals surface area contributed by atoms with Crippen molar-refractivity contribution < 1.29 is 14.0 Å². The molecule has 3 aromatic rings. The fraction of sp³-hybridized carbons (Fsp3) is 0.429. The maximum absolute atomic E-state index is 13.2. The molecule has 0 spiro atoms. The van der Waals surface area contributed by atoms with Crippen molar-refractivity contribution >= 4 is 17.3 Å². The average molecular weight is 492 g/mol. The molecule has 35 heavy (non-hydrogen) atoms. The summed E-state index contributed by atoms with van der Waals surface area (Å²) < 4.78 is 28.7. The standard InChI is InChI=1S/C28H33N3O3S/c1-18-7-5-8-19(2)26(18)24-14-25-30-27(29-24)31-35(32)23-10-6-9-20(13-23)11-12-21-15-28(3,4)34-17-22(21)16-33-25/h5-10,13-14,21-22H,11-12,15-17H2,1-4H3,(H,29,30,31). The van der Waals surface area contributed by atoms with Crippen LogP contribution >= 0.6 is 0 Å². The topological polar surface area (TPSA) is 79.3 Å². The molecule has 5 rings (SSSR count). The Hall–Kier alpha value is -2.61. The minimum absolute atomic E-state index is 0.141. The first-order valence-corrected chi connectivity index (χ1v) is 13.4. The largest absolute Gasteiger partial charge is 0.588 e. The summed E-state index contributed by atoms with van der Waals surface area (Å²) in [5.74, 6) is 1.51. The van der Waals surface area contributed by atoms with Crippen LogP contribution in [-0.4, -0.2) is 33.3 Å². The molecule has 0 amide bonds. The van der Waals surface area contributed by atoms with Gasteiger partial charge in [0.05, 0.1) is 24.5 Å². The van der Waals surface area contributed by atoms with Crippen molar-refractivity contribution in [2.75, 3.05) is 17.9 Å². The van der Waals surface area contributed by atoms with Crippen molar-refractivity contribution in [2.24, 2.45) is 11.8 Å². The van der Waals surface area contributed by atoms with Crippen LogP contribution in [0.25, 0.3) is 11.3 Å². The maximum Gasteiger partial charge on any atom is 0.269 e. The SMILES string of the molecule is Cc1cccc(C)c1-c1cc2nc(n1)N[S+]([O-])c1cccc(c1)CCC1CC(C)(C)OCC1CO2. The lowest BCUT2D eigenvalue weighted by molar-refractivity contribution is -0.111. The second-order valence-corrected chi connectivity index (χ2v) is 11.6. The fourth-order valence-electron chi connectivity index (χ4n) is 5.24. The number of fused-ring (bicyclic) bond motifs is 5. The second-order valence-electron chi connectivity index (χ2n) is 10.3. The molecule has 2 aliphatic heterocycles. The third-order valence-electron chi connectivity index (χ3n) is 7.09. The summed E-state index contributed by atoms with van der Waals surface area (Å²) >= 11 is -1.49. The van der Waals surface area contributed by atoms with Gasteiger partial charge in [-0.1, -0.05) is 30.3 Å². The number of hydrogen-bond acceptors (Lipinski definition) is 6. The number of aryl methyl sites for hydroxylation is 3. The molecule has 1 N–H and O–H groups in total. The van der Waals surface area contributed by atoms with E-state index in [4.69, 9.17) is 14.5 Å². The van der Waals surface area contributed by atoms with Gasteiger partial charge in [0.15, 0.2) is 4.90 Å². The van der Waals surface area contributed by atoms with E-state index in [1.165, 1.54) is 5.56 Å². The van der Waals surface area contributed by atoms with Crippen molar-refractivity contribution in [2.45, 2.75) is 57.5 Å². The van der Waals surface area contributed by atoms with Gasteiger partial charge in [0, 0.05) is 17.5 Å². The highest BCUT2D eigenvalue weighted by Gasteiger charge is 2.36. The van der Waals surface area contributed by atoms with E-state index in [-0.39, 0.29) is 11.5 Å². The fourth-order valence-corrected chi connectivity index (χ4v) is 6.08. The number of benzene rings is 2. The Morgan fingerprint density at radius 1 is 1.00 bits per heavy atom. The first-order chi connectivity index (χ1) is 16.8. The van der Waals surface area contributed by atoms with Gasteiger partial charge in [-0.3, -0.25) is 0 Å². The van der Waals surface area contributed by atoms with Crippen LogP contribution in [0.2, 0.25) is 0 Å². The van der Waals surface area contributed by atoms with E-state index in [1.54, 1.807) is 0 Å². The molecule has 2 aliphatic rings. The van der Waals surface area contributed by atoms with Crippen LogP contribution in [-0.2, 0) is 22.5 Å². The van der Waals surface area contributed by atoms with Gasteiger partial charge in [-0.05, 0) is 81.7 Å². The highest BCUT2D eigenvalue weighted by atomic mass is 32.2. The first-order valence-electron chi connectivity index (χ1n) is 12.3. The first kappa shape index (κ1) is 24.1. The summed E-state index contributed by atoms with van der Waals surface area (Å²) in [6, 6.07) is 16.1. The monoisotopic (exact) mass is 491 g/mol. The van der Waals surface area contributed by atoms with Crippen LogP contribution in [0.5, 0.6) is 5.88 Å². The number of aromatic nitrogens is 2. The number of rotatable bonds is 1. The molecule has 3 atom stereocenters. The molecular formula is C28H33N3O3S. The van der Waals surface area contributed by atoms with Gasteiger partial charge in [0.2, 0.25) is 5.88 Å². The molecule has 0 radical (unpaired) electrons. The summed E-state index contributed by atoms with van der Waals surface area (Å²) in [5.41, 5.74) is 5.07. The Balaban J connectivity index is 1.56. The smallest absolute Gasteiger partial charge is 0.269 e. The molecule has 2 aromatic carbocycles. The minimum atomic E-state index is -1.49. The Bertz CT molecular complexity index is 1200. The lowest BCUT2D eigenvalue weighted by atomic mass is 9.78. The quantitative estimate of drug-likeness (QED) is 0.443. The van der Waals surface area contributed by atoms with Crippen molar-refractivity contribution in [3.63, 3.8) is 0 Å². The third-order valence-corrected chi connectivity index (χ3v) is 8.14. The minimum Gasteiger partial charge on any atom is -0.588 e. The predicted octanol–water partition coefficient (Wildman–Crippen LogP) is 5.65. The van der Waals surface area contributed by atoms with Gasteiger partial charge in [-0.25, -0.2) is 4.98 Å². The van der Waals surface area contributed by atoms with Gasteiger partial charge in [-0.2, -0.15) is 9.71 Å². The summed E-state index contributed by atoms with van der Waals surface area (Å²) in [5, 5.41) is 0. The highest BCUT2D eigenvalue weighted by Crippen LogP contribution is 2.36. The molecule has 7 heteroatoms. The van der Waals surface area contributed by atoms with Crippen LogP contribution in [0.3, 0.4) is 0 Å². The summed E-state index contributed by atoms with van der Waals surface area (Å²) in [6.07, 6.45) is 2.95. The number of ether oxygens (including phenoxy) is 2. The van der Waals surface area contributed by atoms with Gasteiger partial charge in [0.25, 0.3) is 5.95 Å². The molecule has 1 aromatic heterocycles. The summed E-state index contributed by atoms with van der Waals surface area (Å²) in [4.78, 5) is 10.0. The van der Waals surface area contributed by atoms with Gasteiger partial charge >= 0.3 is 0 Å². The van der Waals surface area contributed by atoms with E-state index in [0.717, 1.165) is 41.6 Å². The van der Waals surface area contributed by atoms with Crippen molar-refractivity contribution in [1.29, 1.82) is 0 Å². The normalized spacial score (nSPS) is 23.9. The van der Waals surface area contributed by atoms with Crippen molar-refractivity contribution in [1.82, 2.24) is 9.97 Å². The zero-order chi connectivity index (χ0) is 24.6. The zero-order valence-electron chi connectivity index (χ0n) is 20.8. The van der Waals surface area contributed by atoms with E-state index in [1.807, 2.05) is 30.3 Å². The predicted molar refractivity (Wildman–Crippen MR) is 139 cm³/mol. The molecule has 0 saturated carbocycles. The highest BCUT2D eigenvalue weighted by molar-refractivity contribution is 7.92. The number of anilines is 1. The van der Waals surface area contributed by atoms with Crippen LogP contribution < -0.4 is 9.46 Å². The maximum atomic E-state index is 13.2. The molecule has 1 saturated heterocycles. The molecule has 184 valence electrons. The number of hydrogen-bond donors (Lipinski definition) is 1. The lowest BCUT2D eigenvalue weighted by Gasteiger charge is -2.41. The number of nitrogens with one attached hydrogen (secondary N) is 1. The Labute approximate surface area is 210 Å². The molecule has 1 fully saturated rings. The van der Waals surface area contributed by atoms with E-state index >= 15 is 0 Å². The van der Waals surface area contributed by atoms with Gasteiger partial charge in [-0.15, -0.1) is 0 Å². The van der Waals surface area contributed by atoms with E-state index < -0.39 is 11.4 Å². The summed E-state index contributed by atoms with van der Waals surface area (Å²) in [6.45, 7) is 9.66. The van der Waals surface area contributed by atoms with Crippen LogP contribution in [0.4, 0.5) is 5.95 Å². The summed E-state index contributed by atoms with van der Waals surface area (Å²) in [7, 11) is 0. The van der Waals surface area contributed by atoms with Crippen molar-refractivity contribution in [3.8, 4) is 17.1 Å². The van der Waals surface area contributed by atoms with E-state index in [9.17, 15) is 4.55 Å². The molecule has 4 bridgehead atoms.